The summed E-state index contributed by atoms with van der Waals surface area (Å²) in [7, 11) is 0. The molecule has 5 nitrogen and oxygen atoms in total. The van der Waals surface area contributed by atoms with E-state index in [-0.39, 0.29) is 5.69 Å². The molecule has 0 fully saturated rings. The van der Waals surface area contributed by atoms with Crippen LogP contribution < -0.4 is 5.73 Å². The highest BCUT2D eigenvalue weighted by molar-refractivity contribution is 7.99. The van der Waals surface area contributed by atoms with Crippen LogP contribution in [-0.4, -0.2) is 9.91 Å². The van der Waals surface area contributed by atoms with Crippen LogP contribution in [0.15, 0.2) is 52.5 Å². The summed E-state index contributed by atoms with van der Waals surface area (Å²) in [5.41, 5.74) is 6.22. The molecule has 2 aromatic rings. The molecular formula is C11H9N3O2S. The summed E-state index contributed by atoms with van der Waals surface area (Å²) < 4.78 is 0. The van der Waals surface area contributed by atoms with E-state index in [0.717, 1.165) is 9.92 Å². The van der Waals surface area contributed by atoms with Gasteiger partial charge in [-0.15, -0.1) is 0 Å². The quantitative estimate of drug-likeness (QED) is 0.666. The van der Waals surface area contributed by atoms with Gasteiger partial charge >= 0.3 is 0 Å². The predicted octanol–water partition coefficient (Wildman–Crippen LogP) is 2.72. The van der Waals surface area contributed by atoms with Crippen molar-refractivity contribution >= 4 is 23.1 Å². The lowest BCUT2D eigenvalue weighted by Gasteiger charge is -2.00. The average Bonchev–Trinajstić information content (AvgIpc) is 2.33. The number of nitrogen functional groups attached to an aromatic ring is 1. The third-order valence-electron chi connectivity index (χ3n) is 2.03. The zero-order chi connectivity index (χ0) is 12.3. The van der Waals surface area contributed by atoms with Crippen molar-refractivity contribution in [2.75, 3.05) is 5.73 Å². The van der Waals surface area contributed by atoms with Gasteiger partial charge < -0.3 is 5.73 Å². The molecule has 0 bridgehead atoms. The maximum absolute atomic E-state index is 10.5. The number of nitrogens with two attached hydrogens (primary N) is 1. The van der Waals surface area contributed by atoms with Crippen molar-refractivity contribution in [3.63, 3.8) is 0 Å². The number of nitro benzene ring substituents is 1. The van der Waals surface area contributed by atoms with Gasteiger partial charge in [-0.25, -0.2) is 4.98 Å². The maximum Gasteiger partial charge on any atom is 0.269 e. The van der Waals surface area contributed by atoms with Crippen molar-refractivity contribution in [1.82, 2.24) is 4.98 Å². The van der Waals surface area contributed by atoms with E-state index in [4.69, 9.17) is 5.73 Å². The Balaban J connectivity index is 2.13. The molecule has 0 aliphatic rings. The van der Waals surface area contributed by atoms with Crippen LogP contribution in [0.1, 0.15) is 0 Å². The molecule has 0 aliphatic carbocycles. The highest BCUT2D eigenvalue weighted by Crippen LogP contribution is 2.27. The van der Waals surface area contributed by atoms with Crippen molar-refractivity contribution in [2.45, 2.75) is 9.92 Å². The fraction of sp³-hybridized carbons (Fsp3) is 0. The van der Waals surface area contributed by atoms with E-state index >= 15 is 0 Å². The zero-order valence-corrected chi connectivity index (χ0v) is 9.55. The Morgan fingerprint density at radius 3 is 2.41 bits per heavy atom. The fourth-order valence-electron chi connectivity index (χ4n) is 1.21. The summed E-state index contributed by atoms with van der Waals surface area (Å²) >= 11 is 1.43. The smallest absolute Gasteiger partial charge is 0.269 e. The molecule has 0 amide bonds. The lowest BCUT2D eigenvalue weighted by atomic mass is 10.3. The molecule has 0 aliphatic heterocycles. The number of benzene rings is 1. The lowest BCUT2D eigenvalue weighted by molar-refractivity contribution is -0.384. The summed E-state index contributed by atoms with van der Waals surface area (Å²) in [5.74, 6) is 0. The number of rotatable bonds is 3. The van der Waals surface area contributed by atoms with Crippen molar-refractivity contribution in [3.05, 3.63) is 52.7 Å². The molecule has 0 unspecified atom stereocenters. The number of pyridine rings is 1. The van der Waals surface area contributed by atoms with E-state index in [2.05, 4.69) is 4.98 Å². The van der Waals surface area contributed by atoms with Crippen LogP contribution in [0.4, 0.5) is 11.4 Å². The molecule has 0 radical (unpaired) electrons. The molecule has 2 N–H and O–H groups in total. The van der Waals surface area contributed by atoms with E-state index in [1.54, 1.807) is 30.5 Å². The monoisotopic (exact) mass is 247 g/mol. The van der Waals surface area contributed by atoms with Crippen LogP contribution in [0.3, 0.4) is 0 Å². The first kappa shape index (κ1) is 11.4. The predicted molar refractivity (Wildman–Crippen MR) is 65.9 cm³/mol. The first-order valence-corrected chi connectivity index (χ1v) is 5.60. The largest absolute Gasteiger partial charge is 0.397 e. The van der Waals surface area contributed by atoms with Crippen LogP contribution >= 0.6 is 11.8 Å². The highest BCUT2D eigenvalue weighted by Gasteiger charge is 2.05. The molecule has 0 spiro atoms. The number of non-ortho nitro benzene ring substituents is 1. The molecule has 1 heterocycles. The minimum absolute atomic E-state index is 0.0830. The first-order valence-electron chi connectivity index (χ1n) is 4.79. The molecule has 17 heavy (non-hydrogen) atoms. The standard InChI is InChI=1S/C11H9N3O2S/c12-8-1-6-11(13-7-8)17-10-4-2-9(3-5-10)14(15)16/h1-7H,12H2. The number of nitrogens with zero attached hydrogens (tertiary/aromatic N) is 2. The number of hydrogen-bond donors (Lipinski definition) is 1. The Bertz CT molecular complexity index is 525. The van der Waals surface area contributed by atoms with Gasteiger partial charge in [-0.1, -0.05) is 11.8 Å². The Kier molecular flexibility index (Phi) is 3.24. The van der Waals surface area contributed by atoms with Crippen LogP contribution in [0.5, 0.6) is 0 Å². The van der Waals surface area contributed by atoms with E-state index in [1.165, 1.54) is 23.9 Å². The van der Waals surface area contributed by atoms with Crippen LogP contribution in [-0.2, 0) is 0 Å². The van der Waals surface area contributed by atoms with Crippen LogP contribution in [0.2, 0.25) is 0 Å². The van der Waals surface area contributed by atoms with Crippen LogP contribution in [0, 0.1) is 10.1 Å². The first-order chi connectivity index (χ1) is 8.15. The Hall–Kier alpha value is -2.08. The molecule has 0 saturated carbocycles. The van der Waals surface area contributed by atoms with Gasteiger partial charge in [0, 0.05) is 17.0 Å². The summed E-state index contributed by atoms with van der Waals surface area (Å²) in [6, 6.07) is 9.91. The minimum atomic E-state index is -0.421. The fourth-order valence-corrected chi connectivity index (χ4v) is 1.96. The van der Waals surface area contributed by atoms with Crippen molar-refractivity contribution < 1.29 is 4.92 Å². The third-order valence-corrected chi connectivity index (χ3v) is 2.99. The van der Waals surface area contributed by atoms with Crippen LogP contribution in [0.25, 0.3) is 0 Å². The van der Waals surface area contributed by atoms with Gasteiger partial charge in [0.05, 0.1) is 16.8 Å². The van der Waals surface area contributed by atoms with Gasteiger partial charge in [-0.2, -0.15) is 0 Å². The topological polar surface area (TPSA) is 82.0 Å². The van der Waals surface area contributed by atoms with Gasteiger partial charge in [0.2, 0.25) is 0 Å². The summed E-state index contributed by atoms with van der Waals surface area (Å²) in [6.45, 7) is 0. The van der Waals surface area contributed by atoms with Gasteiger partial charge in [-0.3, -0.25) is 10.1 Å². The van der Waals surface area contributed by atoms with Crippen molar-refractivity contribution in [2.24, 2.45) is 0 Å². The highest BCUT2D eigenvalue weighted by atomic mass is 32.2. The molecule has 86 valence electrons. The Labute approximate surface area is 102 Å². The summed E-state index contributed by atoms with van der Waals surface area (Å²) in [4.78, 5) is 15.1. The van der Waals surface area contributed by atoms with Crippen molar-refractivity contribution in [1.29, 1.82) is 0 Å². The van der Waals surface area contributed by atoms with Gasteiger partial charge in [0.25, 0.3) is 5.69 Å². The molecular weight excluding hydrogens is 238 g/mol. The molecule has 1 aromatic heterocycles. The van der Waals surface area contributed by atoms with E-state index in [1.807, 2.05) is 0 Å². The summed E-state index contributed by atoms with van der Waals surface area (Å²) in [6.07, 6.45) is 1.58. The maximum atomic E-state index is 10.5. The van der Waals surface area contributed by atoms with E-state index in [9.17, 15) is 10.1 Å². The Morgan fingerprint density at radius 1 is 1.18 bits per heavy atom. The molecule has 2 rings (SSSR count). The van der Waals surface area contributed by atoms with Gasteiger partial charge in [-0.05, 0) is 24.3 Å². The van der Waals surface area contributed by atoms with E-state index < -0.39 is 4.92 Å². The van der Waals surface area contributed by atoms with E-state index in [0.29, 0.717) is 5.69 Å². The lowest BCUT2D eigenvalue weighted by Crippen LogP contribution is -1.88. The third kappa shape index (κ3) is 2.94. The minimum Gasteiger partial charge on any atom is -0.397 e. The van der Waals surface area contributed by atoms with Gasteiger partial charge in [0.15, 0.2) is 0 Å². The second kappa shape index (κ2) is 4.84. The number of nitro groups is 1. The number of aromatic nitrogens is 1. The number of hydrogen-bond acceptors (Lipinski definition) is 5. The molecule has 1 aromatic carbocycles. The molecule has 0 atom stereocenters. The molecule has 6 heteroatoms. The Morgan fingerprint density at radius 2 is 1.88 bits per heavy atom. The zero-order valence-electron chi connectivity index (χ0n) is 8.74. The second-order valence-corrected chi connectivity index (χ2v) is 4.38. The second-order valence-electron chi connectivity index (χ2n) is 3.28. The molecule has 0 saturated heterocycles. The average molecular weight is 247 g/mol. The SMILES string of the molecule is Nc1ccc(Sc2ccc([N+](=O)[O-])cc2)nc1. The number of anilines is 1. The normalized spacial score (nSPS) is 10.1. The van der Waals surface area contributed by atoms with Crippen molar-refractivity contribution in [3.8, 4) is 0 Å². The summed E-state index contributed by atoms with van der Waals surface area (Å²) in [5, 5.41) is 11.3. The van der Waals surface area contributed by atoms with Gasteiger partial charge in [0.1, 0.15) is 5.03 Å².